The lowest BCUT2D eigenvalue weighted by Gasteiger charge is -2.04. The van der Waals surface area contributed by atoms with Gasteiger partial charge in [0.1, 0.15) is 17.8 Å². The summed E-state index contributed by atoms with van der Waals surface area (Å²) in [6, 6.07) is 12.2. The Balaban J connectivity index is 1.53. The average molecular weight is 331 g/mol. The van der Waals surface area contributed by atoms with E-state index in [0.29, 0.717) is 5.82 Å². The van der Waals surface area contributed by atoms with E-state index in [9.17, 15) is 0 Å². The maximum atomic E-state index is 4.32. The SMILES string of the molecule is Cn1cnnc1CCc1cccc(-c2cc(-c3ncccn3)n[nH]2)c1. The average Bonchev–Trinajstić information content (AvgIpc) is 3.30. The Hall–Kier alpha value is -3.35. The quantitative estimate of drug-likeness (QED) is 0.607. The number of hydrogen-bond acceptors (Lipinski definition) is 5. The summed E-state index contributed by atoms with van der Waals surface area (Å²) in [5.41, 5.74) is 4.01. The van der Waals surface area contributed by atoms with Crippen LogP contribution >= 0.6 is 0 Å². The number of H-pyrrole nitrogens is 1. The Labute approximate surface area is 144 Å². The number of nitrogens with one attached hydrogen (secondary N) is 1. The minimum absolute atomic E-state index is 0.614. The first-order valence-electron chi connectivity index (χ1n) is 8.04. The highest BCUT2D eigenvalue weighted by molar-refractivity contribution is 5.65. The van der Waals surface area contributed by atoms with Gasteiger partial charge in [0.25, 0.3) is 0 Å². The molecule has 25 heavy (non-hydrogen) atoms. The van der Waals surface area contributed by atoms with Crippen molar-refractivity contribution in [3.8, 4) is 22.8 Å². The van der Waals surface area contributed by atoms with E-state index in [4.69, 9.17) is 0 Å². The highest BCUT2D eigenvalue weighted by atomic mass is 15.2. The Morgan fingerprint density at radius 3 is 2.72 bits per heavy atom. The van der Waals surface area contributed by atoms with Crippen LogP contribution in [0.1, 0.15) is 11.4 Å². The number of benzene rings is 1. The van der Waals surface area contributed by atoms with Gasteiger partial charge in [-0.1, -0.05) is 18.2 Å². The maximum absolute atomic E-state index is 4.32. The van der Waals surface area contributed by atoms with Gasteiger partial charge in [-0.3, -0.25) is 5.10 Å². The molecule has 0 bridgehead atoms. The molecule has 0 atom stereocenters. The topological polar surface area (TPSA) is 85.2 Å². The molecule has 0 aliphatic heterocycles. The zero-order valence-corrected chi connectivity index (χ0v) is 13.8. The molecule has 4 aromatic rings. The van der Waals surface area contributed by atoms with Crippen LogP contribution in [-0.4, -0.2) is 34.9 Å². The van der Waals surface area contributed by atoms with Crippen molar-refractivity contribution in [1.29, 1.82) is 0 Å². The predicted octanol–water partition coefficient (Wildman–Crippen LogP) is 2.45. The van der Waals surface area contributed by atoms with Crippen LogP contribution in [-0.2, 0) is 19.9 Å². The molecular weight excluding hydrogens is 314 g/mol. The summed E-state index contributed by atoms with van der Waals surface area (Å²) in [5, 5.41) is 15.4. The molecule has 0 saturated heterocycles. The molecule has 124 valence electrons. The standard InChI is InChI=1S/C18H17N7/c1-25-12-21-24-17(25)7-6-13-4-2-5-14(10-13)15-11-16(23-22-15)18-19-8-3-9-20-18/h2-5,8-12H,6-7H2,1H3,(H,22,23). The molecule has 0 unspecified atom stereocenters. The van der Waals surface area contributed by atoms with Crippen LogP contribution in [0, 0.1) is 0 Å². The fraction of sp³-hybridized carbons (Fsp3) is 0.167. The van der Waals surface area contributed by atoms with E-state index < -0.39 is 0 Å². The fourth-order valence-corrected chi connectivity index (χ4v) is 2.70. The van der Waals surface area contributed by atoms with Gasteiger partial charge in [0.05, 0.1) is 5.69 Å². The second-order valence-electron chi connectivity index (χ2n) is 5.80. The first-order valence-corrected chi connectivity index (χ1v) is 8.04. The first kappa shape index (κ1) is 15.2. The lowest BCUT2D eigenvalue weighted by molar-refractivity contribution is 0.770. The normalized spacial score (nSPS) is 10.9. The van der Waals surface area contributed by atoms with E-state index in [1.807, 2.05) is 17.7 Å². The molecule has 1 N–H and O–H groups in total. The van der Waals surface area contributed by atoms with Gasteiger partial charge in [-0.2, -0.15) is 5.10 Å². The zero-order chi connectivity index (χ0) is 17.1. The predicted molar refractivity (Wildman–Crippen MR) is 93.5 cm³/mol. The summed E-state index contributed by atoms with van der Waals surface area (Å²) in [5.74, 6) is 1.60. The molecule has 3 heterocycles. The molecule has 0 spiro atoms. The third kappa shape index (κ3) is 3.30. The molecule has 0 aliphatic carbocycles. The smallest absolute Gasteiger partial charge is 0.179 e. The van der Waals surface area contributed by atoms with Crippen LogP contribution in [0.15, 0.2) is 55.1 Å². The van der Waals surface area contributed by atoms with Crippen molar-refractivity contribution in [3.05, 3.63) is 66.5 Å². The van der Waals surface area contributed by atoms with Crippen molar-refractivity contribution in [3.63, 3.8) is 0 Å². The third-order valence-electron chi connectivity index (χ3n) is 4.05. The first-order chi connectivity index (χ1) is 12.3. The van der Waals surface area contributed by atoms with Crippen molar-refractivity contribution in [2.75, 3.05) is 0 Å². The number of hydrogen-bond donors (Lipinski definition) is 1. The Kier molecular flexibility index (Phi) is 4.04. The molecule has 0 aliphatic rings. The van der Waals surface area contributed by atoms with Gasteiger partial charge in [0.15, 0.2) is 5.82 Å². The minimum atomic E-state index is 0.614. The molecule has 7 heteroatoms. The van der Waals surface area contributed by atoms with Gasteiger partial charge in [0, 0.05) is 25.9 Å². The van der Waals surface area contributed by atoms with E-state index in [2.05, 4.69) is 54.6 Å². The summed E-state index contributed by atoms with van der Waals surface area (Å²) in [4.78, 5) is 8.46. The molecule has 0 amide bonds. The molecule has 4 rings (SSSR count). The fourth-order valence-electron chi connectivity index (χ4n) is 2.70. The molecule has 1 aromatic carbocycles. The van der Waals surface area contributed by atoms with E-state index in [1.165, 1.54) is 5.56 Å². The molecule has 7 nitrogen and oxygen atoms in total. The van der Waals surface area contributed by atoms with Crippen molar-refractivity contribution >= 4 is 0 Å². The Bertz CT molecular complexity index is 972. The van der Waals surface area contributed by atoms with Crippen molar-refractivity contribution < 1.29 is 0 Å². The van der Waals surface area contributed by atoms with E-state index in [1.54, 1.807) is 24.8 Å². The summed E-state index contributed by atoms with van der Waals surface area (Å²) < 4.78 is 1.95. The van der Waals surface area contributed by atoms with Gasteiger partial charge >= 0.3 is 0 Å². The highest BCUT2D eigenvalue weighted by Crippen LogP contribution is 2.22. The lowest BCUT2D eigenvalue weighted by Crippen LogP contribution is -2.00. The number of aromatic nitrogens is 7. The molecule has 0 saturated carbocycles. The number of aromatic amines is 1. The third-order valence-corrected chi connectivity index (χ3v) is 4.05. The van der Waals surface area contributed by atoms with Crippen LogP contribution in [0.25, 0.3) is 22.8 Å². The van der Waals surface area contributed by atoms with E-state index in [0.717, 1.165) is 35.6 Å². The van der Waals surface area contributed by atoms with Gasteiger partial charge < -0.3 is 4.57 Å². The maximum Gasteiger partial charge on any atom is 0.179 e. The number of rotatable bonds is 5. The summed E-state index contributed by atoms with van der Waals surface area (Å²) >= 11 is 0. The van der Waals surface area contributed by atoms with Crippen LogP contribution in [0.5, 0.6) is 0 Å². The van der Waals surface area contributed by atoms with E-state index >= 15 is 0 Å². The summed E-state index contributed by atoms with van der Waals surface area (Å²) in [7, 11) is 1.96. The molecule has 0 radical (unpaired) electrons. The zero-order valence-electron chi connectivity index (χ0n) is 13.8. The molecular formula is C18H17N7. The van der Waals surface area contributed by atoms with Crippen LogP contribution in [0.4, 0.5) is 0 Å². The van der Waals surface area contributed by atoms with Gasteiger partial charge in [0.2, 0.25) is 0 Å². The van der Waals surface area contributed by atoms with Crippen LogP contribution in [0.3, 0.4) is 0 Å². The van der Waals surface area contributed by atoms with Crippen molar-refractivity contribution in [2.45, 2.75) is 12.8 Å². The summed E-state index contributed by atoms with van der Waals surface area (Å²) in [6.07, 6.45) is 6.91. The Morgan fingerprint density at radius 2 is 1.92 bits per heavy atom. The largest absolute Gasteiger partial charge is 0.321 e. The van der Waals surface area contributed by atoms with Crippen LogP contribution < -0.4 is 0 Å². The lowest BCUT2D eigenvalue weighted by atomic mass is 10.0. The number of aryl methyl sites for hydroxylation is 3. The van der Waals surface area contributed by atoms with Crippen molar-refractivity contribution in [2.24, 2.45) is 7.05 Å². The van der Waals surface area contributed by atoms with Gasteiger partial charge in [-0.05, 0) is 35.7 Å². The van der Waals surface area contributed by atoms with Gasteiger partial charge in [-0.15, -0.1) is 10.2 Å². The minimum Gasteiger partial charge on any atom is -0.321 e. The van der Waals surface area contributed by atoms with Crippen LogP contribution in [0.2, 0.25) is 0 Å². The van der Waals surface area contributed by atoms with Gasteiger partial charge in [-0.25, -0.2) is 9.97 Å². The highest BCUT2D eigenvalue weighted by Gasteiger charge is 2.08. The molecule has 0 fully saturated rings. The second kappa shape index (κ2) is 6.64. The Morgan fingerprint density at radius 1 is 1.04 bits per heavy atom. The number of nitrogens with zero attached hydrogens (tertiary/aromatic N) is 6. The monoisotopic (exact) mass is 331 g/mol. The van der Waals surface area contributed by atoms with Crippen molar-refractivity contribution in [1.82, 2.24) is 34.9 Å². The van der Waals surface area contributed by atoms with E-state index in [-0.39, 0.29) is 0 Å². The summed E-state index contributed by atoms with van der Waals surface area (Å²) in [6.45, 7) is 0. The second-order valence-corrected chi connectivity index (χ2v) is 5.80. The molecule has 3 aromatic heterocycles.